The van der Waals surface area contributed by atoms with Gasteiger partial charge in [-0.05, 0) is 30.5 Å². The van der Waals surface area contributed by atoms with Gasteiger partial charge < -0.3 is 5.32 Å². The molecule has 0 radical (unpaired) electrons. The summed E-state index contributed by atoms with van der Waals surface area (Å²) in [5, 5.41) is 8.17. The van der Waals surface area contributed by atoms with Gasteiger partial charge in [-0.1, -0.05) is 42.5 Å². The average Bonchev–Trinajstić information content (AvgIpc) is 3.13. The van der Waals surface area contributed by atoms with Crippen molar-refractivity contribution in [3.63, 3.8) is 0 Å². The SMILES string of the molecule is C=CCc1c(C)nc2c(-c3ccccc3)cnn2c1NCc1cccnc1. The number of aromatic nitrogens is 4. The number of pyridine rings is 1. The molecule has 5 heteroatoms. The zero-order valence-electron chi connectivity index (χ0n) is 15.3. The van der Waals surface area contributed by atoms with Crippen molar-refractivity contribution in [2.24, 2.45) is 0 Å². The van der Waals surface area contributed by atoms with Crippen LogP contribution in [-0.4, -0.2) is 19.6 Å². The lowest BCUT2D eigenvalue weighted by Gasteiger charge is -2.15. The Morgan fingerprint density at radius 3 is 2.70 bits per heavy atom. The highest BCUT2D eigenvalue weighted by Crippen LogP contribution is 2.28. The van der Waals surface area contributed by atoms with Crippen LogP contribution in [0.15, 0.2) is 73.7 Å². The van der Waals surface area contributed by atoms with Gasteiger partial charge in [0, 0.05) is 35.8 Å². The first-order chi connectivity index (χ1) is 13.3. The van der Waals surface area contributed by atoms with Crippen molar-refractivity contribution in [1.29, 1.82) is 0 Å². The number of allylic oxidation sites excluding steroid dienone is 1. The maximum Gasteiger partial charge on any atom is 0.165 e. The van der Waals surface area contributed by atoms with Crippen LogP contribution < -0.4 is 5.32 Å². The molecule has 0 amide bonds. The highest BCUT2D eigenvalue weighted by Gasteiger charge is 2.16. The molecule has 0 aliphatic rings. The smallest absolute Gasteiger partial charge is 0.165 e. The van der Waals surface area contributed by atoms with E-state index in [4.69, 9.17) is 4.98 Å². The number of fused-ring (bicyclic) bond motifs is 1. The van der Waals surface area contributed by atoms with Gasteiger partial charge in [-0.25, -0.2) is 4.98 Å². The van der Waals surface area contributed by atoms with Crippen LogP contribution in [0.5, 0.6) is 0 Å². The lowest BCUT2D eigenvalue weighted by molar-refractivity contribution is 0.894. The van der Waals surface area contributed by atoms with Gasteiger partial charge in [0.15, 0.2) is 5.65 Å². The fourth-order valence-corrected chi connectivity index (χ4v) is 3.22. The van der Waals surface area contributed by atoms with E-state index in [9.17, 15) is 0 Å². The van der Waals surface area contributed by atoms with E-state index < -0.39 is 0 Å². The topological polar surface area (TPSA) is 55.1 Å². The second-order valence-corrected chi connectivity index (χ2v) is 6.39. The van der Waals surface area contributed by atoms with E-state index in [-0.39, 0.29) is 0 Å². The molecule has 0 aliphatic heterocycles. The summed E-state index contributed by atoms with van der Waals surface area (Å²) in [5.74, 6) is 0.948. The Morgan fingerprint density at radius 2 is 1.96 bits per heavy atom. The number of hydrogen-bond donors (Lipinski definition) is 1. The second-order valence-electron chi connectivity index (χ2n) is 6.39. The predicted octanol–water partition coefficient (Wildman–Crippen LogP) is 4.44. The quantitative estimate of drug-likeness (QED) is 0.520. The molecule has 0 bridgehead atoms. The Bertz CT molecular complexity index is 1070. The van der Waals surface area contributed by atoms with E-state index >= 15 is 0 Å². The normalized spacial score (nSPS) is 10.9. The first-order valence-corrected chi connectivity index (χ1v) is 8.94. The van der Waals surface area contributed by atoms with Crippen LogP contribution in [0.3, 0.4) is 0 Å². The summed E-state index contributed by atoms with van der Waals surface area (Å²) < 4.78 is 1.89. The molecule has 5 nitrogen and oxygen atoms in total. The lowest BCUT2D eigenvalue weighted by Crippen LogP contribution is -2.11. The van der Waals surface area contributed by atoms with Crippen LogP contribution in [0.2, 0.25) is 0 Å². The molecule has 3 heterocycles. The van der Waals surface area contributed by atoms with Crippen LogP contribution in [0.4, 0.5) is 5.82 Å². The highest BCUT2D eigenvalue weighted by molar-refractivity contribution is 5.78. The monoisotopic (exact) mass is 355 g/mol. The van der Waals surface area contributed by atoms with Crippen molar-refractivity contribution >= 4 is 11.5 Å². The Labute approximate surface area is 158 Å². The van der Waals surface area contributed by atoms with Crippen LogP contribution in [0.25, 0.3) is 16.8 Å². The second kappa shape index (κ2) is 7.41. The van der Waals surface area contributed by atoms with Gasteiger partial charge in [-0.3, -0.25) is 4.98 Å². The number of hydrogen-bond acceptors (Lipinski definition) is 4. The summed E-state index contributed by atoms with van der Waals surface area (Å²) in [5.41, 5.74) is 6.17. The van der Waals surface area contributed by atoms with Crippen LogP contribution in [-0.2, 0) is 13.0 Å². The van der Waals surface area contributed by atoms with Crippen LogP contribution in [0.1, 0.15) is 16.8 Å². The molecular weight excluding hydrogens is 334 g/mol. The highest BCUT2D eigenvalue weighted by atomic mass is 15.3. The minimum atomic E-state index is 0.664. The van der Waals surface area contributed by atoms with E-state index in [0.29, 0.717) is 6.54 Å². The molecule has 3 aromatic heterocycles. The molecule has 4 rings (SSSR count). The van der Waals surface area contributed by atoms with Crippen molar-refractivity contribution in [1.82, 2.24) is 19.6 Å². The number of aryl methyl sites for hydroxylation is 1. The van der Waals surface area contributed by atoms with Crippen LogP contribution >= 0.6 is 0 Å². The number of nitrogens with zero attached hydrogens (tertiary/aromatic N) is 4. The minimum absolute atomic E-state index is 0.664. The summed E-state index contributed by atoms with van der Waals surface area (Å²) in [6, 6.07) is 14.2. The molecular formula is C22H21N5. The maximum absolute atomic E-state index is 4.85. The third-order valence-corrected chi connectivity index (χ3v) is 4.57. The third kappa shape index (κ3) is 3.31. The van der Waals surface area contributed by atoms with E-state index in [1.54, 1.807) is 6.20 Å². The van der Waals surface area contributed by atoms with Gasteiger partial charge >= 0.3 is 0 Å². The van der Waals surface area contributed by atoms with Crippen LogP contribution in [0, 0.1) is 6.92 Å². The molecule has 0 unspecified atom stereocenters. The van der Waals surface area contributed by atoms with E-state index in [1.807, 2.05) is 54.2 Å². The van der Waals surface area contributed by atoms with Gasteiger partial charge in [0.2, 0.25) is 0 Å². The van der Waals surface area contributed by atoms with Crippen molar-refractivity contribution in [3.8, 4) is 11.1 Å². The molecule has 4 aromatic rings. The molecule has 0 fully saturated rings. The summed E-state index contributed by atoms with van der Waals surface area (Å²) in [4.78, 5) is 9.03. The van der Waals surface area contributed by atoms with Gasteiger partial charge in [-0.2, -0.15) is 9.61 Å². The first-order valence-electron chi connectivity index (χ1n) is 8.94. The zero-order chi connectivity index (χ0) is 18.6. The fourth-order valence-electron chi connectivity index (χ4n) is 3.22. The lowest BCUT2D eigenvalue weighted by atomic mass is 10.1. The minimum Gasteiger partial charge on any atom is -0.366 e. The molecule has 27 heavy (non-hydrogen) atoms. The summed E-state index contributed by atoms with van der Waals surface area (Å²) in [7, 11) is 0. The molecule has 0 saturated heterocycles. The van der Waals surface area contributed by atoms with Crippen molar-refractivity contribution in [2.45, 2.75) is 19.9 Å². The van der Waals surface area contributed by atoms with Gasteiger partial charge in [0.05, 0.1) is 6.20 Å². The average molecular weight is 355 g/mol. The molecule has 1 aromatic carbocycles. The van der Waals surface area contributed by atoms with Gasteiger partial charge in [-0.15, -0.1) is 6.58 Å². The Kier molecular flexibility index (Phi) is 4.66. The number of benzene rings is 1. The van der Waals surface area contributed by atoms with Gasteiger partial charge in [0.25, 0.3) is 0 Å². The zero-order valence-corrected chi connectivity index (χ0v) is 15.3. The molecule has 134 valence electrons. The predicted molar refractivity (Wildman–Crippen MR) is 109 cm³/mol. The van der Waals surface area contributed by atoms with E-state index in [0.717, 1.165) is 45.8 Å². The van der Waals surface area contributed by atoms with Crippen molar-refractivity contribution < 1.29 is 0 Å². The standard InChI is InChI=1S/C22H21N5/c1-3-8-19-16(2)26-22-20(18-10-5-4-6-11-18)15-25-27(22)21(19)24-14-17-9-7-12-23-13-17/h3-7,9-13,15,24H,1,8,14H2,2H3. The summed E-state index contributed by atoms with van der Waals surface area (Å²) >= 11 is 0. The van der Waals surface area contributed by atoms with E-state index in [1.165, 1.54) is 0 Å². The fraction of sp³-hybridized carbons (Fsp3) is 0.136. The largest absolute Gasteiger partial charge is 0.366 e. The number of nitrogens with one attached hydrogen (secondary N) is 1. The third-order valence-electron chi connectivity index (χ3n) is 4.57. The maximum atomic E-state index is 4.85. The van der Waals surface area contributed by atoms with Gasteiger partial charge in [0.1, 0.15) is 5.82 Å². The van der Waals surface area contributed by atoms with Crippen molar-refractivity contribution in [2.75, 3.05) is 5.32 Å². The van der Waals surface area contributed by atoms with E-state index in [2.05, 4.69) is 40.2 Å². The molecule has 1 N–H and O–H groups in total. The number of rotatable bonds is 6. The number of anilines is 1. The molecule has 0 saturated carbocycles. The van der Waals surface area contributed by atoms with Crippen molar-refractivity contribution in [3.05, 3.63) is 90.5 Å². The summed E-state index contributed by atoms with van der Waals surface area (Å²) in [6.07, 6.45) is 8.15. The molecule has 0 spiro atoms. The molecule has 0 atom stereocenters. The summed E-state index contributed by atoms with van der Waals surface area (Å²) in [6.45, 7) is 6.60. The first kappa shape index (κ1) is 17.0. The Morgan fingerprint density at radius 1 is 1.11 bits per heavy atom. The molecule has 0 aliphatic carbocycles. The Balaban J connectivity index is 1.82. The Hall–Kier alpha value is -3.47.